The molecule has 102 valence electrons. The Hall–Kier alpha value is -0.340. The van der Waals surface area contributed by atoms with Gasteiger partial charge in [0.05, 0.1) is 4.34 Å². The molecule has 0 aliphatic carbocycles. The molecule has 0 aromatic carbocycles. The van der Waals surface area contributed by atoms with Crippen LogP contribution in [0.1, 0.15) is 19.8 Å². The first-order valence-electron chi connectivity index (χ1n) is 4.98. The van der Waals surface area contributed by atoms with Gasteiger partial charge in [0.2, 0.25) is 10.0 Å². The van der Waals surface area contributed by atoms with E-state index in [2.05, 4.69) is 4.72 Å². The van der Waals surface area contributed by atoms with Crippen molar-refractivity contribution in [2.45, 2.75) is 30.7 Å². The highest BCUT2D eigenvalue weighted by atomic mass is 35.5. The average molecular weight is 332 g/mol. The zero-order valence-corrected chi connectivity index (χ0v) is 12.5. The van der Waals surface area contributed by atoms with Crippen LogP contribution in [-0.2, 0) is 14.8 Å². The molecule has 0 radical (unpaired) electrons. The van der Waals surface area contributed by atoms with Gasteiger partial charge in [-0.05, 0) is 12.5 Å². The van der Waals surface area contributed by atoms with E-state index in [9.17, 15) is 13.2 Å². The van der Waals surface area contributed by atoms with Crippen LogP contribution in [0.5, 0.6) is 0 Å². The Balaban J connectivity index is 3.00. The minimum Gasteiger partial charge on any atom is -0.480 e. The number of carbonyl (C=O) groups is 1. The van der Waals surface area contributed by atoms with Crippen molar-refractivity contribution in [2.75, 3.05) is 0 Å². The van der Waals surface area contributed by atoms with Crippen molar-refractivity contribution in [3.8, 4) is 0 Å². The summed E-state index contributed by atoms with van der Waals surface area (Å²) in [5.41, 5.74) is 0. The number of carboxylic acid groups (broad SMARTS) is 1. The molecule has 1 atom stereocenters. The summed E-state index contributed by atoms with van der Waals surface area (Å²) in [6.07, 6.45) is 0.738. The van der Waals surface area contributed by atoms with Gasteiger partial charge in [-0.2, -0.15) is 4.72 Å². The van der Waals surface area contributed by atoms with Crippen LogP contribution in [0, 0.1) is 0 Å². The lowest BCUT2D eigenvalue weighted by Crippen LogP contribution is -2.40. The first-order chi connectivity index (χ1) is 8.27. The van der Waals surface area contributed by atoms with Gasteiger partial charge in [0, 0.05) is 0 Å². The Labute approximate surface area is 119 Å². The molecule has 0 aliphatic heterocycles. The second-order valence-corrected chi connectivity index (χ2v) is 7.46. The number of aliphatic carboxylic acids is 1. The molecule has 1 aromatic rings. The number of rotatable bonds is 6. The SMILES string of the molecule is CCCC(NS(=O)(=O)c1cc(Cl)sc1Cl)C(=O)O. The number of nitrogens with one attached hydrogen (secondary N) is 1. The predicted octanol–water partition coefficient (Wildman–Crippen LogP) is 2.59. The summed E-state index contributed by atoms with van der Waals surface area (Å²) in [5, 5.41) is 8.91. The predicted molar refractivity (Wildman–Crippen MR) is 71.0 cm³/mol. The molecule has 0 amide bonds. The Kier molecular flexibility index (Phi) is 5.42. The maximum Gasteiger partial charge on any atom is 0.321 e. The molecule has 5 nitrogen and oxygen atoms in total. The molecule has 18 heavy (non-hydrogen) atoms. The summed E-state index contributed by atoms with van der Waals surface area (Å²) in [4.78, 5) is 10.7. The summed E-state index contributed by atoms with van der Waals surface area (Å²) in [6.45, 7) is 1.76. The van der Waals surface area contributed by atoms with E-state index in [1.165, 1.54) is 6.07 Å². The molecule has 0 aliphatic rings. The highest BCUT2D eigenvalue weighted by Crippen LogP contribution is 2.34. The quantitative estimate of drug-likeness (QED) is 0.839. The van der Waals surface area contributed by atoms with Gasteiger partial charge in [0.15, 0.2) is 0 Å². The summed E-state index contributed by atoms with van der Waals surface area (Å²) >= 11 is 12.3. The van der Waals surface area contributed by atoms with Crippen LogP contribution in [-0.4, -0.2) is 25.5 Å². The first kappa shape index (κ1) is 15.7. The van der Waals surface area contributed by atoms with Gasteiger partial charge in [0.25, 0.3) is 0 Å². The van der Waals surface area contributed by atoms with Crippen LogP contribution in [0.3, 0.4) is 0 Å². The van der Waals surface area contributed by atoms with Crippen molar-refractivity contribution in [1.82, 2.24) is 4.72 Å². The van der Waals surface area contributed by atoms with Crippen molar-refractivity contribution in [1.29, 1.82) is 0 Å². The lowest BCUT2D eigenvalue weighted by molar-refractivity contribution is -0.139. The summed E-state index contributed by atoms with van der Waals surface area (Å²) < 4.78 is 26.2. The third kappa shape index (κ3) is 3.83. The topological polar surface area (TPSA) is 83.5 Å². The van der Waals surface area contributed by atoms with Gasteiger partial charge >= 0.3 is 5.97 Å². The molecule has 9 heteroatoms. The number of hydrogen-bond donors (Lipinski definition) is 2. The van der Waals surface area contributed by atoms with Crippen LogP contribution >= 0.6 is 34.5 Å². The molecular formula is C9H11Cl2NO4S2. The number of carboxylic acids is 1. The van der Waals surface area contributed by atoms with Crippen LogP contribution in [0.4, 0.5) is 0 Å². The highest BCUT2D eigenvalue weighted by Gasteiger charge is 2.27. The molecule has 1 unspecified atom stereocenters. The Morgan fingerprint density at radius 2 is 2.17 bits per heavy atom. The van der Waals surface area contributed by atoms with Gasteiger partial charge in [-0.25, -0.2) is 8.42 Å². The summed E-state index contributed by atoms with van der Waals surface area (Å²) in [5.74, 6) is -1.22. The van der Waals surface area contributed by atoms with E-state index in [4.69, 9.17) is 28.3 Å². The molecule has 1 aromatic heterocycles. The van der Waals surface area contributed by atoms with Gasteiger partial charge in [-0.1, -0.05) is 36.5 Å². The fraction of sp³-hybridized carbons (Fsp3) is 0.444. The van der Waals surface area contributed by atoms with Crippen molar-refractivity contribution >= 4 is 50.5 Å². The molecule has 2 N–H and O–H groups in total. The van der Waals surface area contributed by atoms with Crippen LogP contribution in [0.15, 0.2) is 11.0 Å². The van der Waals surface area contributed by atoms with Gasteiger partial charge in [-0.15, -0.1) is 11.3 Å². The lowest BCUT2D eigenvalue weighted by atomic mass is 10.2. The number of hydrogen-bond acceptors (Lipinski definition) is 4. The zero-order valence-electron chi connectivity index (χ0n) is 9.31. The monoisotopic (exact) mass is 331 g/mol. The molecule has 1 rings (SSSR count). The minimum atomic E-state index is -3.97. The Bertz CT molecular complexity index is 541. The molecule has 0 bridgehead atoms. The summed E-state index contributed by atoms with van der Waals surface area (Å²) in [6, 6.07) is 0.0246. The summed E-state index contributed by atoms with van der Waals surface area (Å²) in [7, 11) is -3.97. The average Bonchev–Trinajstić information content (AvgIpc) is 2.57. The maximum absolute atomic E-state index is 11.9. The normalized spacial score (nSPS) is 13.5. The number of thiophene rings is 1. The van der Waals surface area contributed by atoms with E-state index < -0.39 is 22.0 Å². The van der Waals surface area contributed by atoms with Crippen molar-refractivity contribution in [3.63, 3.8) is 0 Å². The van der Waals surface area contributed by atoms with E-state index in [0.29, 0.717) is 6.42 Å². The lowest BCUT2D eigenvalue weighted by Gasteiger charge is -2.13. The smallest absolute Gasteiger partial charge is 0.321 e. The maximum atomic E-state index is 11.9. The molecule has 1 heterocycles. The zero-order chi connectivity index (χ0) is 13.9. The first-order valence-corrected chi connectivity index (χ1v) is 8.03. The Morgan fingerprint density at radius 3 is 2.56 bits per heavy atom. The molecule has 0 fully saturated rings. The van der Waals surface area contributed by atoms with E-state index in [1.54, 1.807) is 6.92 Å². The van der Waals surface area contributed by atoms with Crippen LogP contribution in [0.25, 0.3) is 0 Å². The molecule has 0 spiro atoms. The van der Waals surface area contributed by atoms with Crippen molar-refractivity contribution in [2.24, 2.45) is 0 Å². The van der Waals surface area contributed by atoms with Crippen LogP contribution in [0.2, 0.25) is 8.67 Å². The third-order valence-corrected chi connectivity index (χ3v) is 5.31. The van der Waals surface area contributed by atoms with Crippen molar-refractivity contribution in [3.05, 3.63) is 14.7 Å². The van der Waals surface area contributed by atoms with E-state index >= 15 is 0 Å². The largest absolute Gasteiger partial charge is 0.480 e. The molecule has 0 saturated heterocycles. The Morgan fingerprint density at radius 1 is 1.56 bits per heavy atom. The van der Waals surface area contributed by atoms with E-state index in [0.717, 1.165) is 11.3 Å². The standard InChI is InChI=1S/C9H11Cl2NO4S2/c1-2-3-5(9(13)14)12-18(15,16)6-4-7(10)17-8(6)11/h4-5,12H,2-3H2,1H3,(H,13,14). The number of sulfonamides is 1. The second-order valence-electron chi connectivity index (χ2n) is 3.49. The highest BCUT2D eigenvalue weighted by molar-refractivity contribution is 7.89. The van der Waals surface area contributed by atoms with Gasteiger partial charge in [0.1, 0.15) is 15.3 Å². The van der Waals surface area contributed by atoms with E-state index in [1.807, 2.05) is 0 Å². The fourth-order valence-electron chi connectivity index (χ4n) is 1.28. The molecular weight excluding hydrogens is 321 g/mol. The number of halogens is 2. The van der Waals surface area contributed by atoms with E-state index in [-0.39, 0.29) is 20.0 Å². The fourth-order valence-corrected chi connectivity index (χ4v) is 4.65. The minimum absolute atomic E-state index is 0.00753. The van der Waals surface area contributed by atoms with Gasteiger partial charge in [-0.3, -0.25) is 4.79 Å². The van der Waals surface area contributed by atoms with Crippen molar-refractivity contribution < 1.29 is 18.3 Å². The molecule has 0 saturated carbocycles. The third-order valence-electron chi connectivity index (χ3n) is 2.09. The van der Waals surface area contributed by atoms with Gasteiger partial charge < -0.3 is 5.11 Å². The van der Waals surface area contributed by atoms with Crippen LogP contribution < -0.4 is 4.72 Å². The second kappa shape index (κ2) is 6.21.